The van der Waals surface area contributed by atoms with E-state index in [4.69, 9.17) is 9.47 Å². The van der Waals surface area contributed by atoms with Gasteiger partial charge in [-0.05, 0) is 42.3 Å². The fourth-order valence-corrected chi connectivity index (χ4v) is 2.54. The quantitative estimate of drug-likeness (QED) is 0.656. The second-order valence-electron chi connectivity index (χ2n) is 5.19. The summed E-state index contributed by atoms with van der Waals surface area (Å²) in [6, 6.07) is 14.1. The fraction of sp³-hybridized carbons (Fsp3) is 0.263. The molecule has 0 radical (unpaired) electrons. The number of hydrogen-bond acceptors (Lipinski definition) is 4. The van der Waals surface area contributed by atoms with Crippen LogP contribution in [0.25, 0.3) is 0 Å². The lowest BCUT2D eigenvalue weighted by atomic mass is 10.1. The molecule has 0 fully saturated rings. The van der Waals surface area contributed by atoms with Gasteiger partial charge >= 0.3 is 11.9 Å². The van der Waals surface area contributed by atoms with E-state index in [0.717, 1.165) is 16.5 Å². The summed E-state index contributed by atoms with van der Waals surface area (Å²) in [7, 11) is 0. The van der Waals surface area contributed by atoms with Gasteiger partial charge in [-0.1, -0.05) is 41.1 Å². The molecule has 4 nitrogen and oxygen atoms in total. The van der Waals surface area contributed by atoms with Gasteiger partial charge in [0.15, 0.2) is 0 Å². The molecule has 0 atom stereocenters. The number of esters is 2. The van der Waals surface area contributed by atoms with Crippen LogP contribution < -0.4 is 0 Å². The van der Waals surface area contributed by atoms with Gasteiger partial charge in [-0.25, -0.2) is 9.59 Å². The molecule has 2 aromatic rings. The maximum Gasteiger partial charge on any atom is 0.338 e. The molecule has 126 valence electrons. The first kappa shape index (κ1) is 18.2. The minimum absolute atomic E-state index is 0.293. The Labute approximate surface area is 149 Å². The van der Waals surface area contributed by atoms with Crippen molar-refractivity contribution in [1.29, 1.82) is 0 Å². The Hall–Kier alpha value is -2.14. The van der Waals surface area contributed by atoms with Crippen molar-refractivity contribution >= 4 is 27.9 Å². The number of halogens is 1. The van der Waals surface area contributed by atoms with E-state index in [1.165, 1.54) is 0 Å². The Morgan fingerprint density at radius 1 is 0.875 bits per heavy atom. The van der Waals surface area contributed by atoms with E-state index in [9.17, 15) is 9.59 Å². The molecular formula is C19H19BrO4. The number of carbonyl (C=O) groups excluding carboxylic acids is 2. The van der Waals surface area contributed by atoms with Crippen molar-refractivity contribution in [1.82, 2.24) is 0 Å². The summed E-state index contributed by atoms with van der Waals surface area (Å²) in [4.78, 5) is 23.7. The van der Waals surface area contributed by atoms with Gasteiger partial charge in [-0.2, -0.15) is 0 Å². The number of hydrogen-bond donors (Lipinski definition) is 0. The van der Waals surface area contributed by atoms with Crippen LogP contribution in [0.1, 0.15) is 39.6 Å². The van der Waals surface area contributed by atoms with Crippen molar-refractivity contribution in [2.24, 2.45) is 0 Å². The van der Waals surface area contributed by atoms with Crippen molar-refractivity contribution in [2.75, 3.05) is 13.2 Å². The summed E-state index contributed by atoms with van der Waals surface area (Å²) in [5.41, 5.74) is 1.92. The molecule has 0 heterocycles. The Morgan fingerprint density at radius 2 is 1.42 bits per heavy atom. The van der Waals surface area contributed by atoms with Crippen LogP contribution in [-0.2, 0) is 15.9 Å². The third-order valence-electron chi connectivity index (χ3n) is 3.36. The summed E-state index contributed by atoms with van der Waals surface area (Å²) < 4.78 is 11.3. The molecule has 0 aliphatic rings. The highest BCUT2D eigenvalue weighted by atomic mass is 79.9. The predicted octanol–water partition coefficient (Wildman–Crippen LogP) is 4.42. The molecule has 0 amide bonds. The molecule has 2 aromatic carbocycles. The topological polar surface area (TPSA) is 52.6 Å². The largest absolute Gasteiger partial charge is 0.462 e. The molecule has 24 heavy (non-hydrogen) atoms. The monoisotopic (exact) mass is 390 g/mol. The first-order chi connectivity index (χ1) is 11.6. The molecule has 0 saturated carbocycles. The molecular weight excluding hydrogens is 372 g/mol. The first-order valence-corrected chi connectivity index (χ1v) is 8.59. The van der Waals surface area contributed by atoms with Gasteiger partial charge in [0.2, 0.25) is 0 Å². The number of ether oxygens (including phenoxy) is 2. The Balaban J connectivity index is 1.86. The van der Waals surface area contributed by atoms with Crippen molar-refractivity contribution in [3.05, 3.63) is 69.7 Å². The zero-order valence-corrected chi connectivity index (χ0v) is 15.0. The van der Waals surface area contributed by atoms with E-state index in [2.05, 4.69) is 15.9 Å². The SMILES string of the molecule is CCCOC(=O)c1ccc(C(=O)OCCc2ccccc2Br)cc1. The zero-order chi connectivity index (χ0) is 17.4. The van der Waals surface area contributed by atoms with E-state index in [1.54, 1.807) is 24.3 Å². The Morgan fingerprint density at radius 3 is 1.96 bits per heavy atom. The summed E-state index contributed by atoms with van der Waals surface area (Å²) in [5, 5.41) is 0. The van der Waals surface area contributed by atoms with E-state index in [0.29, 0.717) is 30.8 Å². The lowest BCUT2D eigenvalue weighted by molar-refractivity contribution is 0.0492. The van der Waals surface area contributed by atoms with Gasteiger partial charge in [-0.3, -0.25) is 0 Å². The molecule has 0 bridgehead atoms. The molecule has 0 spiro atoms. The average Bonchev–Trinajstić information content (AvgIpc) is 2.61. The third kappa shape index (κ3) is 5.20. The van der Waals surface area contributed by atoms with Gasteiger partial charge in [0.25, 0.3) is 0 Å². The van der Waals surface area contributed by atoms with Gasteiger partial charge < -0.3 is 9.47 Å². The molecule has 0 saturated heterocycles. The summed E-state index contributed by atoms with van der Waals surface area (Å²) >= 11 is 3.46. The average molecular weight is 391 g/mol. The molecule has 0 unspecified atom stereocenters. The maximum atomic E-state index is 12.0. The number of benzene rings is 2. The number of rotatable bonds is 7. The van der Waals surface area contributed by atoms with Crippen LogP contribution in [0.3, 0.4) is 0 Å². The van der Waals surface area contributed by atoms with Gasteiger partial charge in [0.05, 0.1) is 24.3 Å². The second-order valence-corrected chi connectivity index (χ2v) is 6.04. The minimum atomic E-state index is -0.407. The highest BCUT2D eigenvalue weighted by molar-refractivity contribution is 9.10. The second kappa shape index (κ2) is 9.23. The van der Waals surface area contributed by atoms with Crippen molar-refractivity contribution in [2.45, 2.75) is 19.8 Å². The van der Waals surface area contributed by atoms with Crippen LogP contribution in [0.4, 0.5) is 0 Å². The molecule has 0 aliphatic heterocycles. The van der Waals surface area contributed by atoms with E-state index in [1.807, 2.05) is 31.2 Å². The van der Waals surface area contributed by atoms with Crippen LogP contribution in [-0.4, -0.2) is 25.2 Å². The maximum absolute atomic E-state index is 12.0. The number of carbonyl (C=O) groups is 2. The lowest BCUT2D eigenvalue weighted by Gasteiger charge is -2.07. The van der Waals surface area contributed by atoms with E-state index >= 15 is 0 Å². The smallest absolute Gasteiger partial charge is 0.338 e. The zero-order valence-electron chi connectivity index (χ0n) is 13.5. The van der Waals surface area contributed by atoms with E-state index in [-0.39, 0.29) is 5.97 Å². The minimum Gasteiger partial charge on any atom is -0.462 e. The summed E-state index contributed by atoms with van der Waals surface area (Å²) in [6.07, 6.45) is 1.41. The van der Waals surface area contributed by atoms with Crippen LogP contribution >= 0.6 is 15.9 Å². The van der Waals surface area contributed by atoms with E-state index < -0.39 is 5.97 Å². The molecule has 5 heteroatoms. The van der Waals surface area contributed by atoms with Crippen molar-refractivity contribution in [3.63, 3.8) is 0 Å². The predicted molar refractivity (Wildman–Crippen MR) is 95.1 cm³/mol. The van der Waals surface area contributed by atoms with Gasteiger partial charge in [0, 0.05) is 10.9 Å². The van der Waals surface area contributed by atoms with Crippen molar-refractivity contribution in [3.8, 4) is 0 Å². The highest BCUT2D eigenvalue weighted by Crippen LogP contribution is 2.16. The molecule has 0 aromatic heterocycles. The van der Waals surface area contributed by atoms with Crippen LogP contribution in [0.5, 0.6) is 0 Å². The van der Waals surface area contributed by atoms with Crippen molar-refractivity contribution < 1.29 is 19.1 Å². The molecule has 0 aliphatic carbocycles. The summed E-state index contributed by atoms with van der Waals surface area (Å²) in [5.74, 6) is -0.791. The Bertz CT molecular complexity index is 695. The van der Waals surface area contributed by atoms with Gasteiger partial charge in [0.1, 0.15) is 0 Å². The first-order valence-electron chi connectivity index (χ1n) is 7.79. The Kier molecular flexibility index (Phi) is 7.00. The van der Waals surface area contributed by atoms with Crippen LogP contribution in [0.2, 0.25) is 0 Å². The molecule has 2 rings (SSSR count). The van der Waals surface area contributed by atoms with Crippen LogP contribution in [0, 0.1) is 0 Å². The normalized spacial score (nSPS) is 10.2. The molecule has 0 N–H and O–H groups in total. The highest BCUT2D eigenvalue weighted by Gasteiger charge is 2.11. The van der Waals surface area contributed by atoms with Crippen LogP contribution in [0.15, 0.2) is 53.0 Å². The summed E-state index contributed by atoms with van der Waals surface area (Å²) in [6.45, 7) is 2.61. The standard InChI is InChI=1S/C19H19BrO4/c1-2-12-23-18(21)15-7-9-16(10-8-15)19(22)24-13-11-14-5-3-4-6-17(14)20/h3-10H,2,11-13H2,1H3. The van der Waals surface area contributed by atoms with Gasteiger partial charge in [-0.15, -0.1) is 0 Å². The third-order valence-corrected chi connectivity index (χ3v) is 4.13. The fourth-order valence-electron chi connectivity index (χ4n) is 2.06. The lowest BCUT2D eigenvalue weighted by Crippen LogP contribution is -2.10.